The predicted molar refractivity (Wildman–Crippen MR) is 69.2 cm³/mol. The molecule has 22 heavy (non-hydrogen) atoms. The van der Waals surface area contributed by atoms with Crippen LogP contribution in [0.1, 0.15) is 6.23 Å². The lowest BCUT2D eigenvalue weighted by atomic mass is 10.1. The minimum Gasteiger partial charge on any atom is -0.394 e. The maximum Gasteiger partial charge on any atom is 0.251 e. The lowest BCUT2D eigenvalue weighted by Gasteiger charge is -2.16. The second-order valence-electron chi connectivity index (χ2n) is 4.67. The Balaban J connectivity index is 2.08. The van der Waals surface area contributed by atoms with E-state index in [0.29, 0.717) is 0 Å². The van der Waals surface area contributed by atoms with Crippen LogP contribution in [0.15, 0.2) is 6.33 Å². The van der Waals surface area contributed by atoms with Crippen LogP contribution in [0.5, 0.6) is 0 Å². The summed E-state index contributed by atoms with van der Waals surface area (Å²) >= 11 is 0. The van der Waals surface area contributed by atoms with Crippen LogP contribution in [0.3, 0.4) is 0 Å². The first kappa shape index (κ1) is 14.8. The van der Waals surface area contributed by atoms with E-state index in [2.05, 4.69) is 15.0 Å². The normalized spacial score (nSPS) is 28.2. The molecule has 0 bridgehead atoms. The summed E-state index contributed by atoms with van der Waals surface area (Å²) in [5.74, 6) is -0.301. The van der Waals surface area contributed by atoms with Crippen molar-refractivity contribution in [2.75, 3.05) is 17.6 Å². The molecule has 1 saturated heterocycles. The van der Waals surface area contributed by atoms with Crippen molar-refractivity contribution in [1.29, 1.82) is 0 Å². The highest BCUT2D eigenvalue weighted by Crippen LogP contribution is 2.32. The number of anilines is 2. The van der Waals surface area contributed by atoms with Gasteiger partial charge in [-0.25, -0.2) is 10.5 Å². The van der Waals surface area contributed by atoms with Gasteiger partial charge in [0.1, 0.15) is 18.3 Å². The van der Waals surface area contributed by atoms with Gasteiger partial charge < -0.3 is 20.1 Å². The third-order valence-electron chi connectivity index (χ3n) is 3.42. The Morgan fingerprint density at radius 1 is 1.18 bits per heavy atom. The first-order valence-corrected chi connectivity index (χ1v) is 6.28. The Hall–Kier alpha value is -2.09. The first-order chi connectivity index (χ1) is 10.6. The summed E-state index contributed by atoms with van der Waals surface area (Å²) in [4.78, 5) is 11.7. The van der Waals surface area contributed by atoms with Crippen molar-refractivity contribution in [3.05, 3.63) is 6.33 Å². The maximum absolute atomic E-state index is 10.0. The molecule has 0 radical (unpaired) electrons. The number of aliphatic hydroxyl groups excluding tert-OH is 3. The highest BCUT2D eigenvalue weighted by atomic mass is 16.6. The van der Waals surface area contributed by atoms with Crippen molar-refractivity contribution in [2.45, 2.75) is 24.5 Å². The zero-order valence-corrected chi connectivity index (χ0v) is 11.0. The molecule has 7 N–H and O–H groups in total. The fraction of sp³-hybridized carbons (Fsp3) is 0.500. The summed E-state index contributed by atoms with van der Waals surface area (Å²) in [6, 6.07) is 0. The molecule has 1 fully saturated rings. The number of ether oxygens (including phenoxy) is 1. The standard InChI is InChI=1S/C10H14N6O6/c17-1-3-5(18)6(19)9(22-3)16-2-11-4-7(14-20)12-10(15-21)13-8(4)16/h2-3,5-6,9,17-21H,1H2,(H2,12,13,14,15). The monoisotopic (exact) mass is 314 g/mol. The molecule has 0 aliphatic carbocycles. The van der Waals surface area contributed by atoms with Gasteiger partial charge in [-0.1, -0.05) is 0 Å². The van der Waals surface area contributed by atoms with E-state index in [1.54, 1.807) is 5.48 Å². The van der Waals surface area contributed by atoms with Crippen LogP contribution >= 0.6 is 0 Å². The molecule has 4 unspecified atom stereocenters. The van der Waals surface area contributed by atoms with Gasteiger partial charge in [-0.05, 0) is 0 Å². The molecule has 3 heterocycles. The van der Waals surface area contributed by atoms with Crippen molar-refractivity contribution >= 4 is 22.9 Å². The minimum atomic E-state index is -1.32. The average Bonchev–Trinajstić information content (AvgIpc) is 3.08. The summed E-state index contributed by atoms with van der Waals surface area (Å²) < 4.78 is 6.68. The van der Waals surface area contributed by atoms with Crippen LogP contribution in [0.4, 0.5) is 11.8 Å². The number of nitrogens with one attached hydrogen (secondary N) is 2. The van der Waals surface area contributed by atoms with E-state index in [1.165, 1.54) is 10.9 Å². The van der Waals surface area contributed by atoms with E-state index >= 15 is 0 Å². The Labute approximate surface area is 122 Å². The molecule has 4 atom stereocenters. The number of rotatable bonds is 4. The van der Waals surface area contributed by atoms with E-state index in [9.17, 15) is 10.2 Å². The van der Waals surface area contributed by atoms with Crippen LogP contribution in [0.25, 0.3) is 11.2 Å². The lowest BCUT2D eigenvalue weighted by molar-refractivity contribution is -0.0511. The molecule has 12 heteroatoms. The number of fused-ring (bicyclic) bond motifs is 1. The highest BCUT2D eigenvalue weighted by Gasteiger charge is 2.44. The predicted octanol–water partition coefficient (Wildman–Crippen LogP) is -1.96. The van der Waals surface area contributed by atoms with Crippen molar-refractivity contribution in [3.63, 3.8) is 0 Å². The fourth-order valence-electron chi connectivity index (χ4n) is 2.34. The van der Waals surface area contributed by atoms with Crippen LogP contribution in [0.2, 0.25) is 0 Å². The molecule has 1 aliphatic rings. The third-order valence-corrected chi connectivity index (χ3v) is 3.42. The number of hydrogen-bond donors (Lipinski definition) is 7. The number of hydrogen-bond acceptors (Lipinski definition) is 11. The summed E-state index contributed by atoms with van der Waals surface area (Å²) in [6.45, 7) is -0.469. The van der Waals surface area contributed by atoms with Gasteiger partial charge in [0.05, 0.1) is 12.9 Å². The van der Waals surface area contributed by atoms with Gasteiger partial charge >= 0.3 is 0 Å². The number of aliphatic hydroxyl groups is 3. The minimum absolute atomic E-state index is 0.0768. The molecule has 120 valence electrons. The summed E-state index contributed by atoms with van der Waals surface area (Å²) in [7, 11) is 0. The largest absolute Gasteiger partial charge is 0.394 e. The molecule has 2 aromatic heterocycles. The zero-order chi connectivity index (χ0) is 15.9. The number of aromatic nitrogens is 4. The second kappa shape index (κ2) is 5.60. The van der Waals surface area contributed by atoms with Crippen molar-refractivity contribution in [3.8, 4) is 0 Å². The molecular weight excluding hydrogens is 300 g/mol. The van der Waals surface area contributed by atoms with E-state index in [4.69, 9.17) is 20.3 Å². The fourth-order valence-corrected chi connectivity index (χ4v) is 2.34. The van der Waals surface area contributed by atoms with Crippen LogP contribution < -0.4 is 11.0 Å². The summed E-state index contributed by atoms with van der Waals surface area (Å²) in [6.07, 6.45) is -3.34. The van der Waals surface area contributed by atoms with Crippen molar-refractivity contribution in [2.24, 2.45) is 0 Å². The smallest absolute Gasteiger partial charge is 0.251 e. The molecule has 0 saturated carbocycles. The van der Waals surface area contributed by atoms with Crippen molar-refractivity contribution in [1.82, 2.24) is 19.5 Å². The van der Waals surface area contributed by atoms with Gasteiger partial charge in [-0.3, -0.25) is 20.5 Å². The van der Waals surface area contributed by atoms with Gasteiger partial charge in [0, 0.05) is 0 Å². The molecule has 0 spiro atoms. The highest BCUT2D eigenvalue weighted by molar-refractivity contribution is 5.83. The Bertz CT molecular complexity index is 679. The van der Waals surface area contributed by atoms with Crippen molar-refractivity contribution < 1.29 is 30.5 Å². The maximum atomic E-state index is 10.0. The number of imidazole rings is 1. The summed E-state index contributed by atoms with van der Waals surface area (Å²) in [5.41, 5.74) is 3.83. The van der Waals surface area contributed by atoms with Crippen LogP contribution in [-0.4, -0.2) is 70.2 Å². The SMILES string of the molecule is OCC1OC(n2cnc3c(NO)nc(NO)nc32)C(O)C1O. The van der Waals surface area contributed by atoms with Gasteiger partial charge in [-0.2, -0.15) is 9.97 Å². The van der Waals surface area contributed by atoms with Gasteiger partial charge in [-0.15, -0.1) is 0 Å². The molecule has 0 amide bonds. The Morgan fingerprint density at radius 3 is 2.55 bits per heavy atom. The molecule has 12 nitrogen and oxygen atoms in total. The van der Waals surface area contributed by atoms with Gasteiger partial charge in [0.2, 0.25) is 0 Å². The molecule has 0 aromatic carbocycles. The molecule has 1 aliphatic heterocycles. The lowest BCUT2D eigenvalue weighted by Crippen LogP contribution is -2.33. The number of nitrogens with zero attached hydrogens (tertiary/aromatic N) is 4. The molecular formula is C10H14N6O6. The molecule has 2 aromatic rings. The topological polar surface area (TPSA) is 178 Å². The second-order valence-corrected chi connectivity index (χ2v) is 4.67. The van der Waals surface area contributed by atoms with Crippen LogP contribution in [0, 0.1) is 0 Å². The van der Waals surface area contributed by atoms with E-state index < -0.39 is 31.1 Å². The van der Waals surface area contributed by atoms with E-state index in [1.807, 2.05) is 5.48 Å². The van der Waals surface area contributed by atoms with Gasteiger partial charge in [0.15, 0.2) is 23.2 Å². The third kappa shape index (κ3) is 2.14. The summed E-state index contributed by atoms with van der Waals surface area (Å²) in [5, 5.41) is 46.9. The Kier molecular flexibility index (Phi) is 3.78. The Morgan fingerprint density at radius 2 is 1.95 bits per heavy atom. The molecule has 3 rings (SSSR count). The van der Waals surface area contributed by atoms with E-state index in [-0.39, 0.29) is 22.9 Å². The quantitative estimate of drug-likeness (QED) is 0.311. The van der Waals surface area contributed by atoms with Gasteiger partial charge in [0.25, 0.3) is 5.95 Å². The first-order valence-electron chi connectivity index (χ1n) is 6.28. The zero-order valence-electron chi connectivity index (χ0n) is 11.0. The van der Waals surface area contributed by atoms with Crippen LogP contribution in [-0.2, 0) is 4.74 Å². The van der Waals surface area contributed by atoms with E-state index in [0.717, 1.165) is 0 Å². The average molecular weight is 314 g/mol.